The number of likely N-dealkylation sites (N-methyl/N-ethyl adjacent to an activating group) is 1. The normalized spacial score (nSPS) is 11.7. The molecule has 0 aliphatic carbocycles. The summed E-state index contributed by atoms with van der Waals surface area (Å²) < 4.78 is 0. The first kappa shape index (κ1) is 14.9. The Hall–Kier alpha value is -1.13. The lowest BCUT2D eigenvalue weighted by Crippen LogP contribution is -2.39. The van der Waals surface area contributed by atoms with Crippen LogP contribution in [0.5, 0.6) is 0 Å². The molecule has 0 radical (unpaired) electrons. The van der Waals surface area contributed by atoms with Crippen molar-refractivity contribution >= 4 is 5.82 Å². The van der Waals surface area contributed by atoms with E-state index in [-0.39, 0.29) is 6.61 Å². The molecule has 0 fully saturated rings. The highest BCUT2D eigenvalue weighted by molar-refractivity contribution is 5.51. The number of nitrogens with zero attached hydrogens (tertiary/aromatic N) is 2. The van der Waals surface area contributed by atoms with Crippen molar-refractivity contribution in [2.45, 2.75) is 46.8 Å². The average molecular weight is 252 g/mol. The molecule has 18 heavy (non-hydrogen) atoms. The zero-order valence-electron chi connectivity index (χ0n) is 12.0. The van der Waals surface area contributed by atoms with Gasteiger partial charge in [0.15, 0.2) is 0 Å². The smallest absolute Gasteiger partial charge is 0.134 e. The monoisotopic (exact) mass is 252 g/mol. The summed E-state index contributed by atoms with van der Waals surface area (Å²) in [6, 6.07) is 1.97. The lowest BCUT2D eigenvalue weighted by Gasteiger charge is -2.31. The van der Waals surface area contributed by atoms with Crippen molar-refractivity contribution in [1.82, 2.24) is 4.98 Å². The molecule has 0 unspecified atom stereocenters. The highest BCUT2D eigenvalue weighted by atomic mass is 16.3. The molecule has 0 aliphatic rings. The molecule has 2 N–H and O–H groups in total. The van der Waals surface area contributed by atoms with Crippen LogP contribution in [0.25, 0.3) is 0 Å². The molecule has 1 aromatic rings. The lowest BCUT2D eigenvalue weighted by atomic mass is 10.1. The lowest BCUT2D eigenvalue weighted by molar-refractivity contribution is 0.0873. The molecule has 0 bridgehead atoms. The van der Waals surface area contributed by atoms with Gasteiger partial charge in [-0.05, 0) is 46.2 Å². The summed E-state index contributed by atoms with van der Waals surface area (Å²) in [7, 11) is 0. The molecule has 4 heteroatoms. The van der Waals surface area contributed by atoms with Crippen molar-refractivity contribution in [2.24, 2.45) is 0 Å². The van der Waals surface area contributed by atoms with Crippen molar-refractivity contribution in [3.05, 3.63) is 22.9 Å². The molecule has 0 spiro atoms. The second-order valence-electron chi connectivity index (χ2n) is 5.37. The summed E-state index contributed by atoms with van der Waals surface area (Å²) in [6.07, 6.45) is 0. The molecule has 0 saturated heterocycles. The fourth-order valence-corrected chi connectivity index (χ4v) is 2.10. The Morgan fingerprint density at radius 3 is 2.39 bits per heavy atom. The molecular weight excluding hydrogens is 228 g/mol. The van der Waals surface area contributed by atoms with Gasteiger partial charge < -0.3 is 15.1 Å². The first-order chi connectivity index (χ1) is 8.28. The minimum Gasteiger partial charge on any atom is -0.392 e. The van der Waals surface area contributed by atoms with Crippen molar-refractivity contribution < 1.29 is 10.2 Å². The summed E-state index contributed by atoms with van der Waals surface area (Å²) in [5.41, 5.74) is 2.01. The number of aliphatic hydroxyl groups is 2. The Morgan fingerprint density at radius 2 is 1.94 bits per heavy atom. The maximum absolute atomic E-state index is 9.95. The van der Waals surface area contributed by atoms with Gasteiger partial charge in [0.25, 0.3) is 0 Å². The molecule has 0 saturated carbocycles. The Labute approximate surface area is 109 Å². The van der Waals surface area contributed by atoms with Crippen LogP contribution in [0, 0.1) is 13.8 Å². The van der Waals surface area contributed by atoms with Crippen LogP contribution in [-0.2, 0) is 6.61 Å². The minimum atomic E-state index is -0.790. The molecule has 1 aromatic heterocycles. The van der Waals surface area contributed by atoms with Crippen molar-refractivity contribution in [1.29, 1.82) is 0 Å². The topological polar surface area (TPSA) is 56.6 Å². The maximum atomic E-state index is 9.95. The highest BCUT2D eigenvalue weighted by Crippen LogP contribution is 2.24. The predicted molar refractivity (Wildman–Crippen MR) is 73.8 cm³/mol. The van der Waals surface area contributed by atoms with Crippen LogP contribution in [0.2, 0.25) is 0 Å². The van der Waals surface area contributed by atoms with Gasteiger partial charge in [0.2, 0.25) is 0 Å². The number of aromatic nitrogens is 1. The Bertz CT molecular complexity index is 411. The van der Waals surface area contributed by atoms with Crippen LogP contribution in [0.4, 0.5) is 5.82 Å². The van der Waals surface area contributed by atoms with Crippen LogP contribution in [0.15, 0.2) is 6.07 Å². The quantitative estimate of drug-likeness (QED) is 0.839. The van der Waals surface area contributed by atoms with Gasteiger partial charge in [-0.3, -0.25) is 0 Å². The maximum Gasteiger partial charge on any atom is 0.134 e. The van der Waals surface area contributed by atoms with E-state index in [0.29, 0.717) is 6.54 Å². The Kier molecular flexibility index (Phi) is 4.71. The van der Waals surface area contributed by atoms with E-state index >= 15 is 0 Å². The van der Waals surface area contributed by atoms with Gasteiger partial charge in [-0.1, -0.05) is 0 Å². The fourth-order valence-electron chi connectivity index (χ4n) is 2.10. The van der Waals surface area contributed by atoms with Crippen molar-refractivity contribution in [3.8, 4) is 0 Å². The first-order valence-corrected chi connectivity index (χ1v) is 6.33. The standard InChI is InChI=1S/C14H24N2O2/c1-6-16(9-14(4,5)18)13-12(8-17)10(2)7-11(3)15-13/h7,17-18H,6,8-9H2,1-5H3. The minimum absolute atomic E-state index is 0.0309. The highest BCUT2D eigenvalue weighted by Gasteiger charge is 2.21. The van der Waals surface area contributed by atoms with E-state index in [2.05, 4.69) is 4.98 Å². The summed E-state index contributed by atoms with van der Waals surface area (Å²) >= 11 is 0. The van der Waals surface area contributed by atoms with Gasteiger partial charge in [0.05, 0.1) is 12.2 Å². The van der Waals surface area contributed by atoms with Crippen molar-refractivity contribution in [3.63, 3.8) is 0 Å². The molecule has 4 nitrogen and oxygen atoms in total. The number of hydrogen-bond acceptors (Lipinski definition) is 4. The molecule has 0 amide bonds. The van der Waals surface area contributed by atoms with E-state index in [9.17, 15) is 10.2 Å². The molecule has 0 aliphatic heterocycles. The summed E-state index contributed by atoms with van der Waals surface area (Å²) in [6.45, 7) is 10.7. The number of hydrogen-bond donors (Lipinski definition) is 2. The van der Waals surface area contributed by atoms with E-state index in [4.69, 9.17) is 0 Å². The third-order valence-corrected chi connectivity index (χ3v) is 2.87. The van der Waals surface area contributed by atoms with Crippen LogP contribution < -0.4 is 4.90 Å². The molecular formula is C14H24N2O2. The summed E-state index contributed by atoms with van der Waals surface area (Å²) in [5, 5.41) is 19.5. The summed E-state index contributed by atoms with van der Waals surface area (Å²) in [4.78, 5) is 6.52. The van der Waals surface area contributed by atoms with E-state index in [1.165, 1.54) is 0 Å². The van der Waals surface area contributed by atoms with Crippen LogP contribution in [-0.4, -0.2) is 33.9 Å². The molecule has 0 aromatic carbocycles. The third kappa shape index (κ3) is 3.68. The van der Waals surface area contributed by atoms with Crippen LogP contribution >= 0.6 is 0 Å². The predicted octanol–water partition coefficient (Wildman–Crippen LogP) is 1.79. The third-order valence-electron chi connectivity index (χ3n) is 2.87. The van der Waals surface area contributed by atoms with E-state index in [0.717, 1.165) is 29.2 Å². The van der Waals surface area contributed by atoms with Gasteiger partial charge in [-0.25, -0.2) is 4.98 Å². The first-order valence-electron chi connectivity index (χ1n) is 6.33. The fraction of sp³-hybridized carbons (Fsp3) is 0.643. The van der Waals surface area contributed by atoms with Gasteiger partial charge in [0, 0.05) is 24.3 Å². The molecule has 0 atom stereocenters. The molecule has 1 heterocycles. The zero-order valence-corrected chi connectivity index (χ0v) is 12.0. The van der Waals surface area contributed by atoms with Gasteiger partial charge in [-0.2, -0.15) is 0 Å². The molecule has 1 rings (SSSR count). The number of pyridine rings is 1. The second kappa shape index (κ2) is 5.67. The number of anilines is 1. The summed E-state index contributed by atoms with van der Waals surface area (Å²) in [5.74, 6) is 0.777. The number of aliphatic hydroxyl groups excluding tert-OH is 1. The van der Waals surface area contributed by atoms with Gasteiger partial charge >= 0.3 is 0 Å². The zero-order chi connectivity index (χ0) is 13.9. The Balaban J connectivity index is 3.19. The van der Waals surface area contributed by atoms with Gasteiger partial charge in [-0.15, -0.1) is 0 Å². The molecule has 102 valence electrons. The van der Waals surface area contributed by atoms with E-state index < -0.39 is 5.60 Å². The second-order valence-corrected chi connectivity index (χ2v) is 5.37. The Morgan fingerprint density at radius 1 is 1.33 bits per heavy atom. The SMILES string of the molecule is CCN(CC(C)(C)O)c1nc(C)cc(C)c1CO. The largest absolute Gasteiger partial charge is 0.392 e. The van der Waals surface area contributed by atoms with Crippen LogP contribution in [0.3, 0.4) is 0 Å². The van der Waals surface area contributed by atoms with E-state index in [1.807, 2.05) is 31.7 Å². The van der Waals surface area contributed by atoms with E-state index in [1.54, 1.807) is 13.8 Å². The van der Waals surface area contributed by atoms with Gasteiger partial charge in [0.1, 0.15) is 5.82 Å². The van der Waals surface area contributed by atoms with Crippen molar-refractivity contribution in [2.75, 3.05) is 18.0 Å². The number of rotatable bonds is 5. The average Bonchev–Trinajstić information content (AvgIpc) is 2.23. The number of aryl methyl sites for hydroxylation is 2. The van der Waals surface area contributed by atoms with Crippen LogP contribution in [0.1, 0.15) is 37.6 Å².